The lowest BCUT2D eigenvalue weighted by Gasteiger charge is -2.26. The van der Waals surface area contributed by atoms with Crippen LogP contribution in [0, 0.1) is 11.8 Å². The molecule has 1 amide bonds. The molecule has 0 spiro atoms. The van der Waals surface area contributed by atoms with Crippen LogP contribution >= 0.6 is 11.3 Å². The fourth-order valence-corrected chi connectivity index (χ4v) is 5.13. The molecular formula is C27H27NO4S. The molecule has 1 aliphatic carbocycles. The summed E-state index contributed by atoms with van der Waals surface area (Å²) in [6.07, 6.45) is 3.07. The lowest BCUT2D eigenvalue weighted by Crippen LogP contribution is -2.32. The number of nitrogens with one attached hydrogen (secondary N) is 1. The third kappa shape index (κ3) is 5.57. The SMILES string of the molecule is CC(=O)c1ccc(-c2ccc(-c3csc(C(=O)NC[C@H]4CC[C@H](C(=O)O)CC4)c3)cc2)cc1. The number of carbonyl (C=O) groups is 3. The highest BCUT2D eigenvalue weighted by molar-refractivity contribution is 7.12. The van der Waals surface area contributed by atoms with Crippen LogP contribution in [0.3, 0.4) is 0 Å². The monoisotopic (exact) mass is 461 g/mol. The molecule has 2 N–H and O–H groups in total. The third-order valence-electron chi connectivity index (χ3n) is 6.41. The number of benzene rings is 2. The number of carboxylic acid groups (broad SMARTS) is 1. The van der Waals surface area contributed by atoms with Crippen molar-refractivity contribution in [3.63, 3.8) is 0 Å². The van der Waals surface area contributed by atoms with Crippen molar-refractivity contribution in [3.8, 4) is 22.3 Å². The van der Waals surface area contributed by atoms with Crippen molar-refractivity contribution in [1.82, 2.24) is 5.32 Å². The molecule has 0 bridgehead atoms. The van der Waals surface area contributed by atoms with E-state index in [1.807, 2.05) is 60.0 Å². The van der Waals surface area contributed by atoms with Gasteiger partial charge in [0.25, 0.3) is 5.91 Å². The number of hydrogen-bond acceptors (Lipinski definition) is 4. The van der Waals surface area contributed by atoms with E-state index in [0.29, 0.717) is 35.7 Å². The smallest absolute Gasteiger partial charge is 0.306 e. The number of amides is 1. The molecular weight excluding hydrogens is 434 g/mol. The first-order valence-electron chi connectivity index (χ1n) is 11.2. The molecule has 0 atom stereocenters. The molecule has 0 radical (unpaired) electrons. The molecule has 5 nitrogen and oxygen atoms in total. The number of carboxylic acids is 1. The van der Waals surface area contributed by atoms with Crippen molar-refractivity contribution in [3.05, 3.63) is 70.4 Å². The van der Waals surface area contributed by atoms with Gasteiger partial charge in [0.2, 0.25) is 0 Å². The van der Waals surface area contributed by atoms with Gasteiger partial charge in [0.05, 0.1) is 10.8 Å². The van der Waals surface area contributed by atoms with Gasteiger partial charge in [-0.15, -0.1) is 11.3 Å². The molecule has 1 aliphatic rings. The van der Waals surface area contributed by atoms with E-state index in [4.69, 9.17) is 5.11 Å². The van der Waals surface area contributed by atoms with Crippen LogP contribution in [0.4, 0.5) is 0 Å². The predicted octanol–water partition coefficient (Wildman–Crippen LogP) is 5.91. The number of rotatable bonds is 7. The van der Waals surface area contributed by atoms with Gasteiger partial charge < -0.3 is 10.4 Å². The first-order valence-corrected chi connectivity index (χ1v) is 12.1. The van der Waals surface area contributed by atoms with Crippen molar-refractivity contribution in [2.75, 3.05) is 6.54 Å². The second-order valence-corrected chi connectivity index (χ2v) is 9.59. The maximum Gasteiger partial charge on any atom is 0.306 e. The van der Waals surface area contributed by atoms with Crippen molar-refractivity contribution in [1.29, 1.82) is 0 Å². The summed E-state index contributed by atoms with van der Waals surface area (Å²) in [5, 5.41) is 14.1. The lowest BCUT2D eigenvalue weighted by molar-refractivity contribution is -0.143. The van der Waals surface area contributed by atoms with Gasteiger partial charge in [-0.05, 0) is 72.2 Å². The second-order valence-electron chi connectivity index (χ2n) is 8.68. The minimum Gasteiger partial charge on any atom is -0.481 e. The molecule has 33 heavy (non-hydrogen) atoms. The molecule has 0 saturated heterocycles. The minimum absolute atomic E-state index is 0.0553. The van der Waals surface area contributed by atoms with Crippen LogP contribution in [-0.2, 0) is 4.79 Å². The standard InChI is InChI=1S/C27H27NO4S/c1-17(29)19-6-8-20(9-7-19)21-10-12-22(13-11-21)24-14-25(33-16-24)26(30)28-15-18-2-4-23(5-3-18)27(31)32/h6-14,16,18,23H,2-5,15H2,1H3,(H,28,30)(H,31,32)/t18-,23-. The zero-order valence-electron chi connectivity index (χ0n) is 18.5. The Morgan fingerprint density at radius 2 is 1.42 bits per heavy atom. The molecule has 0 aliphatic heterocycles. The summed E-state index contributed by atoms with van der Waals surface area (Å²) in [6.45, 7) is 2.15. The summed E-state index contributed by atoms with van der Waals surface area (Å²) >= 11 is 1.43. The maximum absolute atomic E-state index is 12.6. The molecule has 1 heterocycles. The Morgan fingerprint density at radius 3 is 1.97 bits per heavy atom. The van der Waals surface area contributed by atoms with E-state index in [1.165, 1.54) is 11.3 Å². The van der Waals surface area contributed by atoms with Crippen LogP contribution in [0.25, 0.3) is 22.3 Å². The van der Waals surface area contributed by atoms with Crippen molar-refractivity contribution < 1.29 is 19.5 Å². The van der Waals surface area contributed by atoms with Gasteiger partial charge in [-0.25, -0.2) is 0 Å². The number of hydrogen-bond donors (Lipinski definition) is 2. The van der Waals surface area contributed by atoms with E-state index in [2.05, 4.69) is 5.32 Å². The molecule has 3 aromatic rings. The van der Waals surface area contributed by atoms with Crippen LogP contribution in [-0.4, -0.2) is 29.3 Å². The van der Waals surface area contributed by atoms with Crippen molar-refractivity contribution in [2.45, 2.75) is 32.6 Å². The topological polar surface area (TPSA) is 83.5 Å². The predicted molar refractivity (Wildman–Crippen MR) is 131 cm³/mol. The molecule has 6 heteroatoms. The average molecular weight is 462 g/mol. The maximum atomic E-state index is 12.6. The molecule has 1 aromatic heterocycles. The van der Waals surface area contributed by atoms with E-state index in [-0.39, 0.29) is 17.6 Å². The highest BCUT2D eigenvalue weighted by Crippen LogP contribution is 2.30. The Labute approximate surface area is 197 Å². The van der Waals surface area contributed by atoms with Crippen LogP contribution < -0.4 is 5.32 Å². The van der Waals surface area contributed by atoms with Gasteiger partial charge in [0.1, 0.15) is 0 Å². The van der Waals surface area contributed by atoms with E-state index in [0.717, 1.165) is 35.1 Å². The van der Waals surface area contributed by atoms with Gasteiger partial charge in [-0.3, -0.25) is 14.4 Å². The molecule has 1 fully saturated rings. The number of ketones is 1. The van der Waals surface area contributed by atoms with Crippen LogP contribution in [0.2, 0.25) is 0 Å². The summed E-state index contributed by atoms with van der Waals surface area (Å²) in [4.78, 5) is 35.8. The molecule has 0 unspecified atom stereocenters. The zero-order chi connectivity index (χ0) is 23.4. The van der Waals surface area contributed by atoms with Crippen LogP contribution in [0.1, 0.15) is 52.6 Å². The minimum atomic E-state index is -0.706. The largest absolute Gasteiger partial charge is 0.481 e. The fourth-order valence-electron chi connectivity index (χ4n) is 4.30. The summed E-state index contributed by atoms with van der Waals surface area (Å²) in [7, 11) is 0. The summed E-state index contributed by atoms with van der Waals surface area (Å²) in [5.74, 6) is -0.611. The first kappa shape index (κ1) is 22.9. The van der Waals surface area contributed by atoms with Crippen LogP contribution in [0.15, 0.2) is 60.0 Å². The van der Waals surface area contributed by atoms with Crippen LogP contribution in [0.5, 0.6) is 0 Å². The third-order valence-corrected chi connectivity index (χ3v) is 7.34. The summed E-state index contributed by atoms with van der Waals surface area (Å²) in [5.41, 5.74) is 4.87. The van der Waals surface area contributed by atoms with Gasteiger partial charge in [-0.1, -0.05) is 48.5 Å². The lowest BCUT2D eigenvalue weighted by atomic mass is 9.82. The number of carbonyl (C=O) groups excluding carboxylic acids is 2. The Morgan fingerprint density at radius 1 is 0.879 bits per heavy atom. The Kier molecular flexibility index (Phi) is 7.04. The highest BCUT2D eigenvalue weighted by Gasteiger charge is 2.26. The quantitative estimate of drug-likeness (QED) is 0.429. The number of thiophene rings is 1. The fraction of sp³-hybridized carbons (Fsp3) is 0.296. The highest BCUT2D eigenvalue weighted by atomic mass is 32.1. The van der Waals surface area contributed by atoms with Gasteiger partial charge in [0, 0.05) is 12.1 Å². The van der Waals surface area contributed by atoms with Crippen molar-refractivity contribution in [2.24, 2.45) is 11.8 Å². The van der Waals surface area contributed by atoms with Gasteiger partial charge >= 0.3 is 5.97 Å². The van der Waals surface area contributed by atoms with Crippen molar-refractivity contribution >= 4 is 29.0 Å². The van der Waals surface area contributed by atoms with E-state index < -0.39 is 5.97 Å². The molecule has 170 valence electrons. The summed E-state index contributed by atoms with van der Waals surface area (Å²) in [6, 6.07) is 17.7. The Balaban J connectivity index is 1.34. The zero-order valence-corrected chi connectivity index (χ0v) is 19.4. The normalized spacial score (nSPS) is 18.0. The molecule has 1 saturated carbocycles. The van der Waals surface area contributed by atoms with E-state index in [9.17, 15) is 14.4 Å². The van der Waals surface area contributed by atoms with E-state index in [1.54, 1.807) is 6.92 Å². The average Bonchev–Trinajstić information content (AvgIpc) is 3.33. The Bertz CT molecular complexity index is 1140. The Hall–Kier alpha value is -3.25. The number of aliphatic carboxylic acids is 1. The van der Waals surface area contributed by atoms with Gasteiger partial charge in [-0.2, -0.15) is 0 Å². The first-order chi connectivity index (χ1) is 15.9. The number of Topliss-reactive ketones (excluding diaryl/α,β-unsaturated/α-hetero) is 1. The molecule has 2 aromatic carbocycles. The molecule has 4 rings (SSSR count). The van der Waals surface area contributed by atoms with Gasteiger partial charge in [0.15, 0.2) is 5.78 Å². The summed E-state index contributed by atoms with van der Waals surface area (Å²) < 4.78 is 0. The van der Waals surface area contributed by atoms with E-state index >= 15 is 0 Å². The second kappa shape index (κ2) is 10.1.